The lowest BCUT2D eigenvalue weighted by Crippen LogP contribution is -2.54. The molecule has 0 unspecified atom stereocenters. The number of nitrogens with one attached hydrogen (secondary N) is 1. The molecule has 1 saturated heterocycles. The van der Waals surface area contributed by atoms with Crippen molar-refractivity contribution in [2.24, 2.45) is 5.73 Å². The van der Waals surface area contributed by atoms with E-state index in [4.69, 9.17) is 15.2 Å². The summed E-state index contributed by atoms with van der Waals surface area (Å²) in [4.78, 5) is 12.3. The minimum Gasteiger partial charge on any atom is -0.381 e. The predicted molar refractivity (Wildman–Crippen MR) is 72.8 cm³/mol. The first-order valence-electron chi connectivity index (χ1n) is 6.41. The zero-order chi connectivity index (χ0) is 13.7. The number of carbonyl (C=O) groups is 1. The zero-order valence-corrected chi connectivity index (χ0v) is 11.1. The molecular formula is C14H20N2O3. The number of anilines is 1. The summed E-state index contributed by atoms with van der Waals surface area (Å²) in [5, 5.41) is 2.91. The lowest BCUT2D eigenvalue weighted by molar-refractivity contribution is -0.124. The Labute approximate surface area is 113 Å². The van der Waals surface area contributed by atoms with Crippen LogP contribution >= 0.6 is 0 Å². The van der Waals surface area contributed by atoms with Gasteiger partial charge in [0.25, 0.3) is 0 Å². The van der Waals surface area contributed by atoms with Gasteiger partial charge in [-0.2, -0.15) is 0 Å². The van der Waals surface area contributed by atoms with E-state index in [9.17, 15) is 4.79 Å². The number of amides is 1. The maximum Gasteiger partial charge on any atom is 0.244 e. The van der Waals surface area contributed by atoms with Gasteiger partial charge in [-0.3, -0.25) is 4.79 Å². The molecule has 0 atom stereocenters. The second-order valence-electron chi connectivity index (χ2n) is 4.81. The highest BCUT2D eigenvalue weighted by Gasteiger charge is 2.36. The number of para-hydroxylation sites is 1. The Morgan fingerprint density at radius 2 is 2.11 bits per heavy atom. The van der Waals surface area contributed by atoms with Crippen molar-refractivity contribution in [2.75, 3.05) is 25.6 Å². The van der Waals surface area contributed by atoms with Crippen LogP contribution in [-0.4, -0.2) is 31.8 Å². The van der Waals surface area contributed by atoms with Gasteiger partial charge in [-0.15, -0.1) is 0 Å². The Kier molecular flexibility index (Phi) is 4.52. The third-order valence-corrected chi connectivity index (χ3v) is 3.40. The van der Waals surface area contributed by atoms with E-state index in [0.29, 0.717) is 32.7 Å². The number of rotatable bonds is 4. The molecule has 1 aliphatic heterocycles. The van der Waals surface area contributed by atoms with E-state index in [1.807, 2.05) is 24.3 Å². The number of ether oxygens (including phenoxy) is 2. The van der Waals surface area contributed by atoms with E-state index in [1.165, 1.54) is 0 Å². The molecule has 1 fully saturated rings. The molecule has 0 radical (unpaired) electrons. The minimum absolute atomic E-state index is 0.153. The fraction of sp³-hybridized carbons (Fsp3) is 0.500. The molecule has 0 aromatic heterocycles. The van der Waals surface area contributed by atoms with E-state index in [-0.39, 0.29) is 5.91 Å². The molecule has 5 heteroatoms. The van der Waals surface area contributed by atoms with Crippen LogP contribution in [0.25, 0.3) is 0 Å². The molecule has 19 heavy (non-hydrogen) atoms. The van der Waals surface area contributed by atoms with Gasteiger partial charge in [-0.1, -0.05) is 18.2 Å². The molecule has 0 aliphatic carbocycles. The first-order chi connectivity index (χ1) is 9.15. The molecule has 2 rings (SSSR count). The lowest BCUT2D eigenvalue weighted by Gasteiger charge is -2.32. The van der Waals surface area contributed by atoms with Crippen LogP contribution in [0.4, 0.5) is 5.69 Å². The molecule has 3 N–H and O–H groups in total. The van der Waals surface area contributed by atoms with Gasteiger partial charge >= 0.3 is 0 Å². The highest BCUT2D eigenvalue weighted by molar-refractivity contribution is 5.98. The number of nitrogens with two attached hydrogens (primary N) is 1. The van der Waals surface area contributed by atoms with Crippen LogP contribution < -0.4 is 11.1 Å². The second-order valence-corrected chi connectivity index (χ2v) is 4.81. The Morgan fingerprint density at radius 3 is 2.79 bits per heavy atom. The van der Waals surface area contributed by atoms with E-state index in [2.05, 4.69) is 5.32 Å². The lowest BCUT2D eigenvalue weighted by atomic mass is 9.90. The standard InChI is InChI=1S/C14H20N2O3/c1-18-10-11-4-2-3-5-12(11)16-13(17)14(15)6-8-19-9-7-14/h2-5H,6-10,15H2,1H3,(H,16,17). The summed E-state index contributed by atoms with van der Waals surface area (Å²) in [5.74, 6) is -0.153. The second kappa shape index (κ2) is 6.14. The summed E-state index contributed by atoms with van der Waals surface area (Å²) in [6.45, 7) is 1.52. The fourth-order valence-corrected chi connectivity index (χ4v) is 2.13. The topological polar surface area (TPSA) is 73.6 Å². The molecule has 0 spiro atoms. The quantitative estimate of drug-likeness (QED) is 0.859. The van der Waals surface area contributed by atoms with Crippen molar-refractivity contribution in [2.45, 2.75) is 25.0 Å². The summed E-state index contributed by atoms with van der Waals surface area (Å²) in [7, 11) is 1.63. The first kappa shape index (κ1) is 14.0. The summed E-state index contributed by atoms with van der Waals surface area (Å²) in [5.41, 5.74) is 7.01. The molecule has 1 amide bonds. The average Bonchev–Trinajstić information content (AvgIpc) is 2.42. The Hall–Kier alpha value is -1.43. The van der Waals surface area contributed by atoms with Crippen molar-refractivity contribution in [3.63, 3.8) is 0 Å². The van der Waals surface area contributed by atoms with Gasteiger partial charge in [-0.25, -0.2) is 0 Å². The molecular weight excluding hydrogens is 244 g/mol. The predicted octanol–water partition coefficient (Wildman–Crippen LogP) is 1.28. The van der Waals surface area contributed by atoms with Crippen molar-refractivity contribution in [3.05, 3.63) is 29.8 Å². The smallest absolute Gasteiger partial charge is 0.244 e. The van der Waals surface area contributed by atoms with Gasteiger partial charge in [0, 0.05) is 31.6 Å². The maximum absolute atomic E-state index is 12.3. The van der Waals surface area contributed by atoms with Gasteiger partial charge in [0.1, 0.15) is 5.54 Å². The normalized spacial score (nSPS) is 18.0. The van der Waals surface area contributed by atoms with Crippen molar-refractivity contribution < 1.29 is 14.3 Å². The average molecular weight is 264 g/mol. The van der Waals surface area contributed by atoms with Gasteiger partial charge in [-0.05, 0) is 18.9 Å². The van der Waals surface area contributed by atoms with E-state index < -0.39 is 5.54 Å². The number of carbonyl (C=O) groups excluding carboxylic acids is 1. The van der Waals surface area contributed by atoms with Crippen LogP contribution in [0.15, 0.2) is 24.3 Å². The maximum atomic E-state index is 12.3. The minimum atomic E-state index is -0.835. The summed E-state index contributed by atoms with van der Waals surface area (Å²) in [6.07, 6.45) is 1.09. The van der Waals surface area contributed by atoms with E-state index in [0.717, 1.165) is 11.3 Å². The van der Waals surface area contributed by atoms with Crippen molar-refractivity contribution >= 4 is 11.6 Å². The third-order valence-electron chi connectivity index (χ3n) is 3.40. The van der Waals surface area contributed by atoms with Gasteiger partial charge in [0.2, 0.25) is 5.91 Å². The van der Waals surface area contributed by atoms with Crippen molar-refractivity contribution in [1.29, 1.82) is 0 Å². The highest BCUT2D eigenvalue weighted by Crippen LogP contribution is 2.22. The van der Waals surface area contributed by atoms with Gasteiger partial charge < -0.3 is 20.5 Å². The van der Waals surface area contributed by atoms with Gasteiger partial charge in [0.15, 0.2) is 0 Å². The van der Waals surface area contributed by atoms with Crippen LogP contribution in [0, 0.1) is 0 Å². The van der Waals surface area contributed by atoms with E-state index >= 15 is 0 Å². The molecule has 5 nitrogen and oxygen atoms in total. The fourth-order valence-electron chi connectivity index (χ4n) is 2.13. The molecule has 1 aliphatic rings. The van der Waals surface area contributed by atoms with Crippen LogP contribution in [0.5, 0.6) is 0 Å². The number of hydrogen-bond acceptors (Lipinski definition) is 4. The van der Waals surface area contributed by atoms with E-state index in [1.54, 1.807) is 7.11 Å². The molecule has 1 aromatic rings. The number of hydrogen-bond donors (Lipinski definition) is 2. The molecule has 1 heterocycles. The molecule has 0 saturated carbocycles. The van der Waals surface area contributed by atoms with Crippen molar-refractivity contribution in [1.82, 2.24) is 0 Å². The van der Waals surface area contributed by atoms with Crippen LogP contribution in [0.1, 0.15) is 18.4 Å². The van der Waals surface area contributed by atoms with Gasteiger partial charge in [0.05, 0.1) is 6.61 Å². The summed E-state index contributed by atoms with van der Waals surface area (Å²) < 4.78 is 10.4. The molecule has 1 aromatic carbocycles. The zero-order valence-electron chi connectivity index (χ0n) is 11.1. The summed E-state index contributed by atoms with van der Waals surface area (Å²) >= 11 is 0. The van der Waals surface area contributed by atoms with Crippen molar-refractivity contribution in [3.8, 4) is 0 Å². The largest absolute Gasteiger partial charge is 0.381 e. The monoisotopic (exact) mass is 264 g/mol. The van der Waals surface area contributed by atoms with Crippen LogP contribution in [0.2, 0.25) is 0 Å². The third kappa shape index (κ3) is 3.32. The number of benzene rings is 1. The van der Waals surface area contributed by atoms with Crippen LogP contribution in [0.3, 0.4) is 0 Å². The Bertz CT molecular complexity index is 442. The molecule has 0 bridgehead atoms. The molecule has 104 valence electrons. The van der Waals surface area contributed by atoms with Crippen LogP contribution in [-0.2, 0) is 20.9 Å². The SMILES string of the molecule is COCc1ccccc1NC(=O)C1(N)CCOCC1. The number of methoxy groups -OCH3 is 1. The highest BCUT2D eigenvalue weighted by atomic mass is 16.5. The summed E-state index contributed by atoms with van der Waals surface area (Å²) in [6, 6.07) is 7.57. The Balaban J connectivity index is 2.10. The Morgan fingerprint density at radius 1 is 1.42 bits per heavy atom. The first-order valence-corrected chi connectivity index (χ1v) is 6.41.